The largest absolute Gasteiger partial charge is 0.456 e. The van der Waals surface area contributed by atoms with Crippen molar-refractivity contribution in [3.05, 3.63) is 22.6 Å². The van der Waals surface area contributed by atoms with Gasteiger partial charge in [0.25, 0.3) is 5.56 Å². The number of nitrogens with zero attached hydrogens (tertiary/aromatic N) is 2. The summed E-state index contributed by atoms with van der Waals surface area (Å²) >= 11 is 0. The first-order valence-corrected chi connectivity index (χ1v) is 10.9. The number of carbonyl (C=O) groups is 1. The van der Waals surface area contributed by atoms with E-state index in [1.165, 1.54) is 13.0 Å². The van der Waals surface area contributed by atoms with Gasteiger partial charge in [0.05, 0.1) is 6.61 Å². The molecule has 1 aromatic rings. The topological polar surface area (TPSA) is 88.9 Å². The molecule has 0 saturated carbocycles. The lowest BCUT2D eigenvalue weighted by atomic mass is 10.1. The minimum Gasteiger partial charge on any atom is -0.456 e. The van der Waals surface area contributed by atoms with Crippen molar-refractivity contribution in [1.82, 2.24) is 9.55 Å². The zero-order valence-electron chi connectivity index (χ0n) is 13.5. The summed E-state index contributed by atoms with van der Waals surface area (Å²) in [5, 5.41) is 0. The zero-order chi connectivity index (χ0) is 16.8. The molecular weight excluding hydrogens is 320 g/mol. The van der Waals surface area contributed by atoms with Crippen molar-refractivity contribution in [2.45, 2.75) is 51.1 Å². The van der Waals surface area contributed by atoms with Crippen LogP contribution < -0.4 is 10.3 Å². The van der Waals surface area contributed by atoms with Crippen molar-refractivity contribution in [2.75, 3.05) is 6.61 Å². The summed E-state index contributed by atoms with van der Waals surface area (Å²) in [6.45, 7) is 7.89. The van der Waals surface area contributed by atoms with Crippen LogP contribution in [0.4, 0.5) is 0 Å². The van der Waals surface area contributed by atoms with E-state index in [2.05, 4.69) is 24.6 Å². The number of ether oxygens (including phenoxy) is 3. The van der Waals surface area contributed by atoms with E-state index in [-0.39, 0.29) is 11.6 Å². The Morgan fingerprint density at radius 3 is 2.83 bits per heavy atom. The maximum Gasteiger partial charge on any atom is 0.303 e. The molecule has 2 aliphatic rings. The molecule has 9 heteroatoms. The van der Waals surface area contributed by atoms with Crippen LogP contribution >= 0.6 is 0 Å². The Balaban J connectivity index is 1.82. The summed E-state index contributed by atoms with van der Waals surface area (Å²) in [6, 6.07) is 1.51. The molecular formula is C14H20N2O6Si. The highest BCUT2D eigenvalue weighted by molar-refractivity contribution is 6.69. The minimum atomic E-state index is -1.73. The normalized spacial score (nSPS) is 28.9. The van der Waals surface area contributed by atoms with Gasteiger partial charge in [-0.15, -0.1) is 0 Å². The molecule has 126 valence electrons. The van der Waals surface area contributed by atoms with Crippen LogP contribution in [0.15, 0.2) is 17.1 Å². The van der Waals surface area contributed by atoms with Crippen LogP contribution in [0.5, 0.6) is 6.01 Å². The zero-order valence-corrected chi connectivity index (χ0v) is 14.5. The third-order valence-electron chi connectivity index (χ3n) is 3.59. The summed E-state index contributed by atoms with van der Waals surface area (Å²) in [5.41, 5.74) is -0.390. The molecule has 3 rings (SSSR count). The van der Waals surface area contributed by atoms with Gasteiger partial charge in [0.1, 0.15) is 6.10 Å². The van der Waals surface area contributed by atoms with Crippen LogP contribution in [-0.2, 0) is 18.7 Å². The standard InChI is InChI=1S/C14H20N2O6Si/c1-8(17)20-11-9(7-19-23(2,3)4)21-13-12(11)22-14-15-10(18)5-6-16(13)14/h5-6,9,11-13H,7H2,1-4H3/t9-,11-,12+,13-/m1/s1. The lowest BCUT2D eigenvalue weighted by Gasteiger charge is -2.25. The quantitative estimate of drug-likeness (QED) is 0.588. The molecule has 0 aliphatic carbocycles. The second kappa shape index (κ2) is 5.73. The molecule has 0 N–H and O–H groups in total. The van der Waals surface area contributed by atoms with Crippen molar-refractivity contribution in [3.8, 4) is 6.01 Å². The molecule has 3 heterocycles. The smallest absolute Gasteiger partial charge is 0.303 e. The summed E-state index contributed by atoms with van der Waals surface area (Å²) < 4.78 is 24.6. The van der Waals surface area contributed by atoms with Crippen LogP contribution in [0.1, 0.15) is 13.2 Å². The monoisotopic (exact) mass is 340 g/mol. The van der Waals surface area contributed by atoms with E-state index < -0.39 is 38.8 Å². The van der Waals surface area contributed by atoms with E-state index in [4.69, 9.17) is 18.6 Å². The average Bonchev–Trinajstić information content (AvgIpc) is 2.92. The molecule has 8 nitrogen and oxygen atoms in total. The van der Waals surface area contributed by atoms with E-state index in [0.29, 0.717) is 6.61 Å². The number of fused-ring (bicyclic) bond motifs is 3. The Morgan fingerprint density at radius 1 is 1.43 bits per heavy atom. The SMILES string of the molecule is CC(=O)O[C@H]1[C@@H]2Oc3nc(=O)ccn3[C@@H]2O[C@@H]1CO[Si](C)(C)C. The fraction of sp³-hybridized carbons (Fsp3) is 0.643. The molecule has 4 atom stereocenters. The maximum absolute atomic E-state index is 11.4. The van der Waals surface area contributed by atoms with Gasteiger partial charge in [-0.05, 0) is 19.6 Å². The van der Waals surface area contributed by atoms with Gasteiger partial charge < -0.3 is 18.6 Å². The van der Waals surface area contributed by atoms with Crippen molar-refractivity contribution >= 4 is 14.3 Å². The Labute approximate surface area is 134 Å². The Hall–Kier alpha value is -1.71. The predicted octanol–water partition coefficient (Wildman–Crippen LogP) is 0.685. The second-order valence-electron chi connectivity index (χ2n) is 6.60. The molecule has 0 bridgehead atoms. The van der Waals surface area contributed by atoms with Gasteiger partial charge in [0, 0.05) is 19.2 Å². The van der Waals surface area contributed by atoms with E-state index in [0.717, 1.165) is 0 Å². The molecule has 2 aliphatic heterocycles. The van der Waals surface area contributed by atoms with E-state index in [9.17, 15) is 9.59 Å². The van der Waals surface area contributed by atoms with E-state index in [1.807, 2.05) is 0 Å². The fourth-order valence-electron chi connectivity index (χ4n) is 2.66. The summed E-state index contributed by atoms with van der Waals surface area (Å²) in [7, 11) is -1.73. The molecule has 0 aromatic carbocycles. The average molecular weight is 340 g/mol. The maximum atomic E-state index is 11.4. The third-order valence-corrected chi connectivity index (χ3v) is 4.62. The number of esters is 1. The molecule has 0 amide bonds. The number of rotatable bonds is 4. The van der Waals surface area contributed by atoms with Crippen LogP contribution in [0.3, 0.4) is 0 Å². The minimum absolute atomic E-state index is 0.175. The summed E-state index contributed by atoms with van der Waals surface area (Å²) in [6.07, 6.45) is -0.484. The highest BCUT2D eigenvalue weighted by Gasteiger charge is 2.53. The second-order valence-corrected chi connectivity index (χ2v) is 11.1. The van der Waals surface area contributed by atoms with Crippen LogP contribution in [0.2, 0.25) is 19.6 Å². The molecule has 0 radical (unpaired) electrons. The van der Waals surface area contributed by atoms with Gasteiger partial charge in [-0.2, -0.15) is 4.98 Å². The fourth-order valence-corrected chi connectivity index (χ4v) is 3.32. The van der Waals surface area contributed by atoms with Crippen LogP contribution in [-0.4, -0.2) is 48.8 Å². The van der Waals surface area contributed by atoms with Gasteiger partial charge >= 0.3 is 12.0 Å². The third kappa shape index (κ3) is 3.31. The Kier molecular flexibility index (Phi) is 4.03. The van der Waals surface area contributed by atoms with Gasteiger partial charge in [0.15, 0.2) is 26.8 Å². The lowest BCUT2D eigenvalue weighted by molar-refractivity contribution is -0.153. The van der Waals surface area contributed by atoms with Crippen molar-refractivity contribution in [3.63, 3.8) is 0 Å². The van der Waals surface area contributed by atoms with Crippen LogP contribution in [0.25, 0.3) is 0 Å². The van der Waals surface area contributed by atoms with Crippen LogP contribution in [0, 0.1) is 0 Å². The van der Waals surface area contributed by atoms with E-state index >= 15 is 0 Å². The predicted molar refractivity (Wildman–Crippen MR) is 81.7 cm³/mol. The molecule has 1 fully saturated rings. The van der Waals surface area contributed by atoms with Crippen molar-refractivity contribution in [1.29, 1.82) is 0 Å². The molecule has 1 aromatic heterocycles. The van der Waals surface area contributed by atoms with E-state index in [1.54, 1.807) is 10.8 Å². The number of hydrogen-bond acceptors (Lipinski definition) is 7. The van der Waals surface area contributed by atoms with Gasteiger partial charge in [0.2, 0.25) is 0 Å². The number of hydrogen-bond donors (Lipinski definition) is 0. The first kappa shape index (κ1) is 16.2. The first-order valence-electron chi connectivity index (χ1n) is 7.47. The van der Waals surface area contributed by atoms with Crippen molar-refractivity contribution < 1.29 is 23.4 Å². The van der Waals surface area contributed by atoms with Gasteiger partial charge in [-0.25, -0.2) is 0 Å². The Bertz CT molecular complexity index is 670. The highest BCUT2D eigenvalue weighted by Crippen LogP contribution is 2.40. The van der Waals surface area contributed by atoms with Crippen molar-refractivity contribution in [2.24, 2.45) is 0 Å². The highest BCUT2D eigenvalue weighted by atomic mass is 28.4. The molecule has 1 saturated heterocycles. The van der Waals surface area contributed by atoms with Gasteiger partial charge in [-0.3, -0.25) is 14.2 Å². The molecule has 0 unspecified atom stereocenters. The molecule has 0 spiro atoms. The van der Waals surface area contributed by atoms with Gasteiger partial charge in [-0.1, -0.05) is 0 Å². The number of carbonyl (C=O) groups excluding carboxylic acids is 1. The Morgan fingerprint density at radius 2 is 2.17 bits per heavy atom. The molecule has 23 heavy (non-hydrogen) atoms. The summed E-state index contributed by atoms with van der Waals surface area (Å²) in [5.74, 6) is -0.417. The number of aromatic nitrogens is 2. The first-order chi connectivity index (χ1) is 10.7. The summed E-state index contributed by atoms with van der Waals surface area (Å²) in [4.78, 5) is 26.6. The lowest BCUT2D eigenvalue weighted by Crippen LogP contribution is -2.41.